The van der Waals surface area contributed by atoms with E-state index in [0.717, 1.165) is 12.1 Å². The van der Waals surface area contributed by atoms with Crippen molar-refractivity contribution in [2.45, 2.75) is 6.04 Å². The van der Waals surface area contributed by atoms with E-state index in [-0.39, 0.29) is 5.69 Å². The minimum atomic E-state index is -0.780. The Labute approximate surface area is 154 Å². The van der Waals surface area contributed by atoms with Crippen LogP contribution < -0.4 is 5.32 Å². The Bertz CT molecular complexity index is 855. The van der Waals surface area contributed by atoms with E-state index in [1.165, 1.54) is 24.3 Å². The third-order valence-electron chi connectivity index (χ3n) is 4.26. The number of nitrogens with one attached hydrogen (secondary N) is 1. The first-order valence-electron chi connectivity index (χ1n) is 8.31. The zero-order chi connectivity index (χ0) is 19.4. The zero-order valence-electron chi connectivity index (χ0n) is 14.3. The second kappa shape index (κ2) is 8.11. The van der Waals surface area contributed by atoms with E-state index in [0.29, 0.717) is 31.9 Å². The smallest absolute Gasteiger partial charge is 0.312 e. The molecule has 142 valence electrons. The minimum absolute atomic E-state index is 0.166. The number of hydrogen-bond acceptors (Lipinski definition) is 6. The maximum atomic E-state index is 13.7. The second-order valence-corrected chi connectivity index (χ2v) is 6.06. The molecule has 1 amide bonds. The summed E-state index contributed by atoms with van der Waals surface area (Å²) in [5.41, 5.74) is 0.128. The standard InChI is InChI=1S/C18H18FN3O5/c19-13-3-1-2-12(10-13)17(21-6-8-27-9-7-21)18(24)20-14-4-5-16(23)15(11-14)22(25)26/h1-5,10-11,17,23H,6-9H2,(H,20,24). The summed E-state index contributed by atoms with van der Waals surface area (Å²) in [4.78, 5) is 25.0. The highest BCUT2D eigenvalue weighted by Gasteiger charge is 2.30. The number of carbonyl (C=O) groups is 1. The predicted molar refractivity (Wildman–Crippen MR) is 94.9 cm³/mol. The molecule has 0 spiro atoms. The molecule has 0 bridgehead atoms. The van der Waals surface area contributed by atoms with Crippen LogP contribution in [-0.4, -0.2) is 47.1 Å². The molecule has 0 aliphatic carbocycles. The number of ether oxygens (including phenoxy) is 1. The first-order valence-corrected chi connectivity index (χ1v) is 8.31. The van der Waals surface area contributed by atoms with Crippen LogP contribution in [0.2, 0.25) is 0 Å². The average Bonchev–Trinajstić information content (AvgIpc) is 2.64. The normalized spacial score (nSPS) is 15.9. The maximum Gasteiger partial charge on any atom is 0.312 e. The highest BCUT2D eigenvalue weighted by molar-refractivity contribution is 5.96. The minimum Gasteiger partial charge on any atom is -0.502 e. The van der Waals surface area contributed by atoms with Gasteiger partial charge in [-0.05, 0) is 29.8 Å². The van der Waals surface area contributed by atoms with Crippen LogP contribution in [0.4, 0.5) is 15.8 Å². The van der Waals surface area contributed by atoms with E-state index >= 15 is 0 Å². The summed E-state index contributed by atoms with van der Waals surface area (Å²) >= 11 is 0. The molecule has 27 heavy (non-hydrogen) atoms. The molecule has 1 heterocycles. The summed E-state index contributed by atoms with van der Waals surface area (Å²) in [5, 5.41) is 23.1. The largest absolute Gasteiger partial charge is 0.502 e. The van der Waals surface area contributed by atoms with Gasteiger partial charge in [0.05, 0.1) is 18.1 Å². The van der Waals surface area contributed by atoms with E-state index in [9.17, 15) is 24.4 Å². The van der Waals surface area contributed by atoms with Gasteiger partial charge in [-0.3, -0.25) is 19.8 Å². The number of nitrogens with zero attached hydrogens (tertiary/aromatic N) is 2. The predicted octanol–water partition coefficient (Wildman–Crippen LogP) is 2.45. The number of hydrogen-bond donors (Lipinski definition) is 2. The fourth-order valence-corrected chi connectivity index (χ4v) is 3.00. The van der Waals surface area contributed by atoms with E-state index in [4.69, 9.17) is 4.74 Å². The molecule has 1 aliphatic heterocycles. The highest BCUT2D eigenvalue weighted by atomic mass is 19.1. The van der Waals surface area contributed by atoms with Crippen LogP contribution in [0.3, 0.4) is 0 Å². The second-order valence-electron chi connectivity index (χ2n) is 6.06. The van der Waals surface area contributed by atoms with Crippen LogP contribution in [0.25, 0.3) is 0 Å². The molecule has 9 heteroatoms. The molecule has 2 N–H and O–H groups in total. The van der Waals surface area contributed by atoms with Crippen LogP contribution in [0, 0.1) is 15.9 Å². The molecular formula is C18H18FN3O5. The van der Waals surface area contributed by atoms with Crippen molar-refractivity contribution in [3.05, 3.63) is 64.0 Å². The molecule has 1 aliphatic rings. The van der Waals surface area contributed by atoms with Crippen molar-refractivity contribution in [3.63, 3.8) is 0 Å². The average molecular weight is 375 g/mol. The first-order chi connectivity index (χ1) is 13.0. The number of phenols is 1. The molecular weight excluding hydrogens is 357 g/mol. The first kappa shape index (κ1) is 18.7. The molecule has 1 saturated heterocycles. The van der Waals surface area contributed by atoms with Gasteiger partial charge >= 0.3 is 5.69 Å². The molecule has 1 unspecified atom stereocenters. The van der Waals surface area contributed by atoms with Gasteiger partial charge in [0.1, 0.15) is 11.9 Å². The molecule has 0 radical (unpaired) electrons. The van der Waals surface area contributed by atoms with E-state index < -0.39 is 34.1 Å². The molecule has 3 rings (SSSR count). The number of aromatic hydroxyl groups is 1. The number of anilines is 1. The third kappa shape index (κ3) is 4.39. The summed E-state index contributed by atoms with van der Waals surface area (Å²) in [5.74, 6) is -1.41. The van der Waals surface area contributed by atoms with Gasteiger partial charge in [-0.1, -0.05) is 12.1 Å². The van der Waals surface area contributed by atoms with Crippen molar-refractivity contribution in [1.82, 2.24) is 4.90 Å². The summed E-state index contributed by atoms with van der Waals surface area (Å²) in [6.45, 7) is 1.88. The van der Waals surface area contributed by atoms with Crippen LogP contribution >= 0.6 is 0 Å². The third-order valence-corrected chi connectivity index (χ3v) is 4.26. The van der Waals surface area contributed by atoms with Crippen molar-refractivity contribution >= 4 is 17.3 Å². The molecule has 0 saturated carbocycles. The zero-order valence-corrected chi connectivity index (χ0v) is 14.3. The Hall–Kier alpha value is -3.04. The Morgan fingerprint density at radius 3 is 2.67 bits per heavy atom. The SMILES string of the molecule is O=C(Nc1ccc(O)c([N+](=O)[O-])c1)C(c1cccc(F)c1)N1CCOCC1. The highest BCUT2D eigenvalue weighted by Crippen LogP contribution is 2.30. The van der Waals surface area contributed by atoms with Gasteiger partial charge in [0, 0.05) is 24.8 Å². The lowest BCUT2D eigenvalue weighted by molar-refractivity contribution is -0.385. The Kier molecular flexibility index (Phi) is 5.63. The van der Waals surface area contributed by atoms with E-state index in [1.54, 1.807) is 6.07 Å². The lowest BCUT2D eigenvalue weighted by Gasteiger charge is -2.33. The van der Waals surface area contributed by atoms with Crippen molar-refractivity contribution in [3.8, 4) is 5.75 Å². The fraction of sp³-hybridized carbons (Fsp3) is 0.278. The van der Waals surface area contributed by atoms with Crippen molar-refractivity contribution in [2.75, 3.05) is 31.6 Å². The molecule has 8 nitrogen and oxygen atoms in total. The fourth-order valence-electron chi connectivity index (χ4n) is 3.00. The Morgan fingerprint density at radius 2 is 2.00 bits per heavy atom. The van der Waals surface area contributed by atoms with E-state index in [2.05, 4.69) is 5.32 Å². The summed E-state index contributed by atoms with van der Waals surface area (Å²) < 4.78 is 19.0. The number of nitro benzene ring substituents is 1. The number of rotatable bonds is 5. The summed E-state index contributed by atoms with van der Waals surface area (Å²) in [6.07, 6.45) is 0. The number of halogens is 1. The Morgan fingerprint density at radius 1 is 1.26 bits per heavy atom. The molecule has 2 aromatic rings. The van der Waals surface area contributed by atoms with Gasteiger partial charge < -0.3 is 15.2 Å². The van der Waals surface area contributed by atoms with Gasteiger partial charge in [-0.25, -0.2) is 4.39 Å². The van der Waals surface area contributed by atoms with E-state index in [1.807, 2.05) is 4.90 Å². The number of phenolic OH excluding ortho intramolecular Hbond substituents is 1. The lowest BCUT2D eigenvalue weighted by atomic mass is 10.0. The molecule has 2 aromatic carbocycles. The number of amides is 1. The summed E-state index contributed by atoms with van der Waals surface area (Å²) in [7, 11) is 0. The molecule has 0 aromatic heterocycles. The number of nitro groups is 1. The lowest BCUT2D eigenvalue weighted by Crippen LogP contribution is -2.43. The van der Waals surface area contributed by atoms with Gasteiger partial charge in [-0.15, -0.1) is 0 Å². The van der Waals surface area contributed by atoms with Gasteiger partial charge in [-0.2, -0.15) is 0 Å². The van der Waals surface area contributed by atoms with Crippen molar-refractivity contribution < 1.29 is 24.0 Å². The van der Waals surface area contributed by atoms with Crippen molar-refractivity contribution in [1.29, 1.82) is 0 Å². The van der Waals surface area contributed by atoms with Crippen LogP contribution in [0.5, 0.6) is 5.75 Å². The number of benzene rings is 2. The van der Waals surface area contributed by atoms with Gasteiger partial charge in [0.2, 0.25) is 5.91 Å². The number of morpholine rings is 1. The van der Waals surface area contributed by atoms with Crippen LogP contribution in [0.1, 0.15) is 11.6 Å². The van der Waals surface area contributed by atoms with Gasteiger partial charge in [0.15, 0.2) is 5.75 Å². The Balaban J connectivity index is 1.89. The number of carbonyl (C=O) groups excluding carboxylic acids is 1. The summed E-state index contributed by atoms with van der Waals surface area (Å²) in [6, 6.07) is 8.56. The quantitative estimate of drug-likeness (QED) is 0.473. The topological polar surface area (TPSA) is 105 Å². The maximum absolute atomic E-state index is 13.7. The van der Waals surface area contributed by atoms with Crippen molar-refractivity contribution in [2.24, 2.45) is 0 Å². The molecule has 1 fully saturated rings. The monoisotopic (exact) mass is 375 g/mol. The van der Waals surface area contributed by atoms with Gasteiger partial charge in [0.25, 0.3) is 0 Å². The molecule has 1 atom stereocenters. The van der Waals surface area contributed by atoms with Crippen LogP contribution in [-0.2, 0) is 9.53 Å². The van der Waals surface area contributed by atoms with Crippen LogP contribution in [0.15, 0.2) is 42.5 Å².